The van der Waals surface area contributed by atoms with Crippen molar-refractivity contribution in [2.24, 2.45) is 11.1 Å². The second-order valence-corrected chi connectivity index (χ2v) is 5.20. The molecule has 0 amide bonds. The van der Waals surface area contributed by atoms with E-state index < -0.39 is 0 Å². The highest BCUT2D eigenvalue weighted by molar-refractivity contribution is 5.41. The molecule has 2 rings (SSSR count). The third kappa shape index (κ3) is 1.42. The molecule has 0 aromatic heterocycles. The van der Waals surface area contributed by atoms with Crippen molar-refractivity contribution in [1.82, 2.24) is 0 Å². The zero-order valence-electron chi connectivity index (χ0n) is 10.0. The number of hydrogen-bond donors (Lipinski definition) is 1. The molecule has 0 spiro atoms. The lowest BCUT2D eigenvalue weighted by atomic mass is 9.88. The molecule has 1 saturated carbocycles. The lowest BCUT2D eigenvalue weighted by Crippen LogP contribution is -2.25. The average Bonchev–Trinajstić information content (AvgIpc) is 2.82. The molecule has 1 atom stereocenters. The first-order valence-corrected chi connectivity index (χ1v) is 5.51. The van der Waals surface area contributed by atoms with E-state index in [9.17, 15) is 4.39 Å². The lowest BCUT2D eigenvalue weighted by Gasteiger charge is -2.19. The first-order chi connectivity index (χ1) is 7.47. The van der Waals surface area contributed by atoms with Gasteiger partial charge >= 0.3 is 0 Å². The molecule has 0 aliphatic heterocycles. The predicted octanol–water partition coefficient (Wildman–Crippen LogP) is 2.46. The van der Waals surface area contributed by atoms with Crippen LogP contribution >= 0.6 is 0 Å². The number of ether oxygens (including phenoxy) is 1. The van der Waals surface area contributed by atoms with Gasteiger partial charge in [0.05, 0.1) is 7.11 Å². The quantitative estimate of drug-likeness (QED) is 0.854. The van der Waals surface area contributed by atoms with E-state index in [1.807, 2.05) is 6.07 Å². The molecule has 16 heavy (non-hydrogen) atoms. The molecule has 1 unspecified atom stereocenters. The molecule has 0 radical (unpaired) electrons. The van der Waals surface area contributed by atoms with Crippen molar-refractivity contribution >= 4 is 0 Å². The van der Waals surface area contributed by atoms with Crippen molar-refractivity contribution < 1.29 is 9.13 Å². The molecule has 0 heterocycles. The van der Waals surface area contributed by atoms with Crippen molar-refractivity contribution in [3.63, 3.8) is 0 Å². The zero-order valence-corrected chi connectivity index (χ0v) is 10.0. The second-order valence-electron chi connectivity index (χ2n) is 5.20. The first-order valence-electron chi connectivity index (χ1n) is 5.51. The van der Waals surface area contributed by atoms with Crippen LogP contribution in [0, 0.1) is 11.2 Å². The van der Waals surface area contributed by atoms with Crippen LogP contribution in [0.15, 0.2) is 18.2 Å². The molecule has 1 fully saturated rings. The minimum atomic E-state index is -0.310. The van der Waals surface area contributed by atoms with E-state index in [0.29, 0.717) is 6.54 Å². The molecule has 0 bridgehead atoms. The van der Waals surface area contributed by atoms with E-state index in [4.69, 9.17) is 10.5 Å². The van der Waals surface area contributed by atoms with E-state index in [1.54, 1.807) is 12.1 Å². The third-order valence-electron chi connectivity index (χ3n) is 3.97. The largest absolute Gasteiger partial charge is 0.494 e. The fraction of sp³-hybridized carbons (Fsp3) is 0.538. The molecular formula is C13H18FNO. The van der Waals surface area contributed by atoms with Gasteiger partial charge in [0.2, 0.25) is 0 Å². The van der Waals surface area contributed by atoms with Crippen LogP contribution in [-0.2, 0) is 5.41 Å². The van der Waals surface area contributed by atoms with Crippen LogP contribution in [-0.4, -0.2) is 13.7 Å². The maximum absolute atomic E-state index is 13.6. The summed E-state index contributed by atoms with van der Waals surface area (Å²) in [6.45, 7) is 4.90. The van der Waals surface area contributed by atoms with Crippen LogP contribution in [0.3, 0.4) is 0 Å². The van der Waals surface area contributed by atoms with Crippen LogP contribution in [0.2, 0.25) is 0 Å². The van der Waals surface area contributed by atoms with Gasteiger partial charge in [-0.3, -0.25) is 0 Å². The Balaban J connectivity index is 2.39. The van der Waals surface area contributed by atoms with Crippen LogP contribution in [0.1, 0.15) is 25.8 Å². The summed E-state index contributed by atoms with van der Waals surface area (Å²) >= 11 is 0. The van der Waals surface area contributed by atoms with Crippen molar-refractivity contribution in [2.75, 3.05) is 13.7 Å². The van der Waals surface area contributed by atoms with Crippen molar-refractivity contribution in [1.29, 1.82) is 0 Å². The SMILES string of the molecule is COc1ccc(C2(CN)CC2(C)C)cc1F. The predicted molar refractivity (Wildman–Crippen MR) is 62.1 cm³/mol. The molecule has 3 heteroatoms. The smallest absolute Gasteiger partial charge is 0.165 e. The van der Waals surface area contributed by atoms with Gasteiger partial charge in [-0.05, 0) is 29.5 Å². The van der Waals surface area contributed by atoms with Gasteiger partial charge in [0.15, 0.2) is 11.6 Å². The van der Waals surface area contributed by atoms with E-state index in [2.05, 4.69) is 13.8 Å². The molecule has 1 aromatic rings. The maximum Gasteiger partial charge on any atom is 0.165 e. The Kier molecular flexibility index (Phi) is 2.46. The van der Waals surface area contributed by atoms with Crippen LogP contribution < -0.4 is 10.5 Å². The highest BCUT2D eigenvalue weighted by Crippen LogP contribution is 2.63. The summed E-state index contributed by atoms with van der Waals surface area (Å²) in [5.74, 6) is -0.0232. The zero-order chi connectivity index (χ0) is 12.0. The summed E-state index contributed by atoms with van der Waals surface area (Å²) in [5.41, 5.74) is 6.94. The van der Waals surface area contributed by atoms with Crippen molar-refractivity contribution in [2.45, 2.75) is 25.7 Å². The van der Waals surface area contributed by atoms with Gasteiger partial charge in [-0.1, -0.05) is 19.9 Å². The van der Waals surface area contributed by atoms with Gasteiger partial charge in [-0.2, -0.15) is 0 Å². The van der Waals surface area contributed by atoms with Crippen LogP contribution in [0.4, 0.5) is 4.39 Å². The molecule has 1 aliphatic carbocycles. The number of benzene rings is 1. The minimum Gasteiger partial charge on any atom is -0.494 e. The van der Waals surface area contributed by atoms with Crippen LogP contribution in [0.25, 0.3) is 0 Å². The van der Waals surface area contributed by atoms with Crippen molar-refractivity contribution in [3.8, 4) is 5.75 Å². The minimum absolute atomic E-state index is 0.0554. The summed E-state index contributed by atoms with van der Waals surface area (Å²) < 4.78 is 18.5. The third-order valence-corrected chi connectivity index (χ3v) is 3.97. The van der Waals surface area contributed by atoms with E-state index >= 15 is 0 Å². The Morgan fingerprint density at radius 1 is 1.44 bits per heavy atom. The second kappa shape index (κ2) is 3.45. The molecule has 2 N–H and O–H groups in total. The van der Waals surface area contributed by atoms with Gasteiger partial charge in [-0.15, -0.1) is 0 Å². The molecule has 2 nitrogen and oxygen atoms in total. The number of rotatable bonds is 3. The topological polar surface area (TPSA) is 35.2 Å². The average molecular weight is 223 g/mol. The fourth-order valence-electron chi connectivity index (χ4n) is 2.63. The van der Waals surface area contributed by atoms with E-state index in [-0.39, 0.29) is 22.4 Å². The fourth-order valence-corrected chi connectivity index (χ4v) is 2.63. The van der Waals surface area contributed by atoms with Gasteiger partial charge in [0.25, 0.3) is 0 Å². The number of nitrogens with two attached hydrogens (primary N) is 1. The summed E-state index contributed by atoms with van der Waals surface area (Å²) in [4.78, 5) is 0. The van der Waals surface area contributed by atoms with Gasteiger partial charge in [0, 0.05) is 12.0 Å². The Bertz CT molecular complexity index is 416. The van der Waals surface area contributed by atoms with Crippen LogP contribution in [0.5, 0.6) is 5.75 Å². The van der Waals surface area contributed by atoms with Gasteiger partial charge < -0.3 is 10.5 Å². The summed E-state index contributed by atoms with van der Waals surface area (Å²) in [5, 5.41) is 0. The normalized spacial score (nSPS) is 26.6. The first kappa shape index (κ1) is 11.4. The summed E-state index contributed by atoms with van der Waals surface area (Å²) in [7, 11) is 1.47. The lowest BCUT2D eigenvalue weighted by molar-refractivity contribution is 0.385. The van der Waals surface area contributed by atoms with E-state index in [0.717, 1.165) is 12.0 Å². The van der Waals surface area contributed by atoms with Gasteiger partial charge in [0.1, 0.15) is 0 Å². The summed E-state index contributed by atoms with van der Waals surface area (Å²) in [6, 6.07) is 5.15. The van der Waals surface area contributed by atoms with E-state index in [1.165, 1.54) is 7.11 Å². The Labute approximate surface area is 95.6 Å². The number of hydrogen-bond acceptors (Lipinski definition) is 2. The Morgan fingerprint density at radius 2 is 2.06 bits per heavy atom. The number of methoxy groups -OCH3 is 1. The molecule has 88 valence electrons. The Hall–Kier alpha value is -1.09. The highest BCUT2D eigenvalue weighted by Gasteiger charge is 2.61. The van der Waals surface area contributed by atoms with Gasteiger partial charge in [-0.25, -0.2) is 4.39 Å². The molecule has 0 saturated heterocycles. The maximum atomic E-state index is 13.6. The standard InChI is InChI=1S/C13H18FNO/c1-12(2)7-13(12,8-15)9-4-5-11(16-3)10(14)6-9/h4-6H,7-8,15H2,1-3H3. The molecule has 1 aromatic carbocycles. The molecular weight excluding hydrogens is 205 g/mol. The monoisotopic (exact) mass is 223 g/mol. The highest BCUT2D eigenvalue weighted by atomic mass is 19.1. The van der Waals surface area contributed by atoms with Crippen molar-refractivity contribution in [3.05, 3.63) is 29.6 Å². The summed E-state index contributed by atoms with van der Waals surface area (Å²) in [6.07, 6.45) is 1.02. The molecule has 1 aliphatic rings. The Morgan fingerprint density at radius 3 is 2.44 bits per heavy atom. The number of halogens is 1.